The summed E-state index contributed by atoms with van der Waals surface area (Å²) in [7, 11) is 0. The Bertz CT molecular complexity index is 695. The minimum Gasteiger partial charge on any atom is -0.372 e. The Morgan fingerprint density at radius 1 is 1.26 bits per heavy atom. The maximum Gasteiger partial charge on any atom is 0.274 e. The van der Waals surface area contributed by atoms with E-state index in [0.717, 1.165) is 11.4 Å². The van der Waals surface area contributed by atoms with E-state index in [1.807, 2.05) is 49.5 Å². The Morgan fingerprint density at radius 2 is 1.96 bits per heavy atom. The quantitative estimate of drug-likeness (QED) is 0.859. The van der Waals surface area contributed by atoms with E-state index < -0.39 is 0 Å². The molecule has 1 aliphatic heterocycles. The maximum absolute atomic E-state index is 12.6. The first-order valence-corrected chi connectivity index (χ1v) is 7.91. The monoisotopic (exact) mass is 317 g/mol. The van der Waals surface area contributed by atoms with Crippen LogP contribution in [-0.4, -0.2) is 55.7 Å². The van der Waals surface area contributed by atoms with E-state index in [1.165, 1.54) is 0 Å². The van der Waals surface area contributed by atoms with Crippen LogP contribution in [0.5, 0.6) is 0 Å². The van der Waals surface area contributed by atoms with Crippen molar-refractivity contribution >= 4 is 5.91 Å². The number of nitrogens with zero attached hydrogens (tertiary/aromatic N) is 5. The minimum atomic E-state index is -0.0425. The van der Waals surface area contributed by atoms with Gasteiger partial charge in [0.1, 0.15) is 12.4 Å². The molecule has 1 fully saturated rings. The second-order valence-corrected chi connectivity index (χ2v) is 6.28. The van der Waals surface area contributed by atoms with Gasteiger partial charge in [0.15, 0.2) is 0 Å². The van der Waals surface area contributed by atoms with Gasteiger partial charge in [0.2, 0.25) is 0 Å². The summed E-state index contributed by atoms with van der Waals surface area (Å²) < 4.78 is 9.28. The van der Waals surface area contributed by atoms with Gasteiger partial charge in [-0.1, -0.05) is 0 Å². The van der Waals surface area contributed by atoms with Gasteiger partial charge in [-0.25, -0.2) is 4.68 Å². The van der Waals surface area contributed by atoms with Crippen molar-refractivity contribution in [2.45, 2.75) is 46.6 Å². The van der Waals surface area contributed by atoms with Crippen LogP contribution in [0.3, 0.4) is 0 Å². The first-order chi connectivity index (χ1) is 10.9. The van der Waals surface area contributed by atoms with Crippen LogP contribution in [0, 0.1) is 13.8 Å². The fourth-order valence-electron chi connectivity index (χ4n) is 3.02. The molecule has 0 radical (unpaired) electrons. The molecule has 1 saturated heterocycles. The van der Waals surface area contributed by atoms with Crippen molar-refractivity contribution in [3.63, 3.8) is 0 Å². The molecule has 2 aromatic heterocycles. The van der Waals surface area contributed by atoms with Gasteiger partial charge in [-0.3, -0.25) is 9.48 Å². The van der Waals surface area contributed by atoms with Crippen LogP contribution in [0.15, 0.2) is 18.3 Å². The van der Waals surface area contributed by atoms with Gasteiger partial charge in [0.25, 0.3) is 5.91 Å². The molecule has 0 N–H and O–H groups in total. The first-order valence-electron chi connectivity index (χ1n) is 7.91. The van der Waals surface area contributed by atoms with E-state index in [-0.39, 0.29) is 18.1 Å². The molecule has 3 rings (SSSR count). The zero-order valence-corrected chi connectivity index (χ0v) is 14.1. The van der Waals surface area contributed by atoms with Gasteiger partial charge in [-0.05, 0) is 39.8 Å². The van der Waals surface area contributed by atoms with E-state index in [2.05, 4.69) is 10.2 Å². The van der Waals surface area contributed by atoms with Crippen molar-refractivity contribution in [2.24, 2.45) is 0 Å². The summed E-state index contributed by atoms with van der Waals surface area (Å²) in [6.07, 6.45) is 1.93. The summed E-state index contributed by atoms with van der Waals surface area (Å²) in [5.74, 6) is -0.0425. The fourth-order valence-corrected chi connectivity index (χ4v) is 3.02. The number of aryl methyl sites for hydroxylation is 2. The van der Waals surface area contributed by atoms with Gasteiger partial charge in [0.05, 0.1) is 17.9 Å². The Kier molecular flexibility index (Phi) is 4.21. The predicted molar refractivity (Wildman–Crippen MR) is 85.2 cm³/mol. The lowest BCUT2D eigenvalue weighted by molar-refractivity contribution is -0.0587. The van der Waals surface area contributed by atoms with Crippen molar-refractivity contribution in [1.82, 2.24) is 24.5 Å². The highest BCUT2D eigenvalue weighted by Crippen LogP contribution is 2.13. The molecule has 0 spiro atoms. The summed E-state index contributed by atoms with van der Waals surface area (Å²) in [4.78, 5) is 14.4. The molecule has 0 bridgehead atoms. The highest BCUT2D eigenvalue weighted by atomic mass is 16.5. The van der Waals surface area contributed by atoms with Crippen LogP contribution in [0.4, 0.5) is 0 Å². The molecular weight excluding hydrogens is 294 g/mol. The average molecular weight is 317 g/mol. The third-order valence-corrected chi connectivity index (χ3v) is 3.95. The number of rotatable bonds is 3. The van der Waals surface area contributed by atoms with E-state index in [4.69, 9.17) is 4.74 Å². The molecule has 7 heteroatoms. The first kappa shape index (κ1) is 15.7. The lowest BCUT2D eigenvalue weighted by Gasteiger charge is -2.34. The molecule has 23 heavy (non-hydrogen) atoms. The van der Waals surface area contributed by atoms with Gasteiger partial charge < -0.3 is 9.64 Å². The number of aromatic nitrogens is 4. The zero-order chi connectivity index (χ0) is 16.6. The number of morpholine rings is 1. The number of hydrogen-bond acceptors (Lipinski definition) is 4. The molecule has 1 amide bonds. The molecular formula is C16H23N5O2. The number of amides is 1. The standard InChI is InChI=1S/C16H23N5O2/c1-11-7-12(2)21(17-11)10-20-6-5-15(18-20)16(22)19-8-13(3)23-14(4)9-19/h5-7,13-14H,8-10H2,1-4H3/t13-,14-/m0/s1. The van der Waals surface area contributed by atoms with Gasteiger partial charge >= 0.3 is 0 Å². The van der Waals surface area contributed by atoms with Crippen LogP contribution < -0.4 is 0 Å². The third kappa shape index (κ3) is 3.44. The number of carbonyl (C=O) groups excluding carboxylic acids is 1. The van der Waals surface area contributed by atoms with E-state index in [1.54, 1.807) is 10.7 Å². The van der Waals surface area contributed by atoms with Crippen LogP contribution in [0.1, 0.15) is 35.7 Å². The van der Waals surface area contributed by atoms with Crippen molar-refractivity contribution in [2.75, 3.05) is 13.1 Å². The Balaban J connectivity index is 1.71. The molecule has 7 nitrogen and oxygen atoms in total. The minimum absolute atomic E-state index is 0.0425. The molecule has 0 aliphatic carbocycles. The number of carbonyl (C=O) groups is 1. The number of ether oxygens (including phenoxy) is 1. The van der Waals surface area contributed by atoms with Crippen LogP contribution in [0.25, 0.3) is 0 Å². The molecule has 0 unspecified atom stereocenters. The van der Waals surface area contributed by atoms with Gasteiger partial charge in [-0.15, -0.1) is 0 Å². The van der Waals surface area contributed by atoms with Gasteiger partial charge in [0, 0.05) is 25.0 Å². The summed E-state index contributed by atoms with van der Waals surface area (Å²) in [5, 5.41) is 8.82. The highest BCUT2D eigenvalue weighted by Gasteiger charge is 2.27. The summed E-state index contributed by atoms with van der Waals surface area (Å²) in [5.41, 5.74) is 2.51. The molecule has 124 valence electrons. The molecule has 2 aromatic rings. The van der Waals surface area contributed by atoms with Crippen LogP contribution in [0.2, 0.25) is 0 Å². The largest absolute Gasteiger partial charge is 0.372 e. The topological polar surface area (TPSA) is 65.2 Å². The van der Waals surface area contributed by atoms with Crippen molar-refractivity contribution in [1.29, 1.82) is 0 Å². The van der Waals surface area contributed by atoms with Crippen molar-refractivity contribution < 1.29 is 9.53 Å². The van der Waals surface area contributed by atoms with Crippen molar-refractivity contribution in [3.8, 4) is 0 Å². The second-order valence-electron chi connectivity index (χ2n) is 6.28. The van der Waals surface area contributed by atoms with Gasteiger partial charge in [-0.2, -0.15) is 10.2 Å². The zero-order valence-electron chi connectivity index (χ0n) is 14.1. The third-order valence-electron chi connectivity index (χ3n) is 3.95. The SMILES string of the molecule is Cc1cc(C)n(Cn2ccc(C(=O)N3C[C@H](C)O[C@@H](C)C3)n2)n1. The highest BCUT2D eigenvalue weighted by molar-refractivity contribution is 5.92. The van der Waals surface area contributed by atoms with Crippen molar-refractivity contribution in [3.05, 3.63) is 35.4 Å². The Hall–Kier alpha value is -2.15. The smallest absolute Gasteiger partial charge is 0.274 e. The maximum atomic E-state index is 12.6. The van der Waals surface area contributed by atoms with E-state index in [9.17, 15) is 4.79 Å². The van der Waals surface area contributed by atoms with E-state index in [0.29, 0.717) is 25.5 Å². The van der Waals surface area contributed by atoms with Crippen LogP contribution >= 0.6 is 0 Å². The van der Waals surface area contributed by atoms with Crippen LogP contribution in [-0.2, 0) is 11.4 Å². The Labute approximate surface area is 135 Å². The molecule has 0 aromatic carbocycles. The predicted octanol–water partition coefficient (Wildman–Crippen LogP) is 1.45. The molecule has 1 aliphatic rings. The lowest BCUT2D eigenvalue weighted by Crippen LogP contribution is -2.48. The molecule has 2 atom stereocenters. The summed E-state index contributed by atoms with van der Waals surface area (Å²) >= 11 is 0. The lowest BCUT2D eigenvalue weighted by atomic mass is 10.2. The second kappa shape index (κ2) is 6.16. The number of hydrogen-bond donors (Lipinski definition) is 0. The Morgan fingerprint density at radius 3 is 2.57 bits per heavy atom. The molecule has 3 heterocycles. The normalized spacial score (nSPS) is 21.7. The summed E-state index contributed by atoms with van der Waals surface area (Å²) in [6, 6.07) is 3.78. The fraction of sp³-hybridized carbons (Fsp3) is 0.562. The summed E-state index contributed by atoms with van der Waals surface area (Å²) in [6.45, 7) is 9.65. The average Bonchev–Trinajstić information content (AvgIpc) is 3.04. The molecule has 0 saturated carbocycles. The van der Waals surface area contributed by atoms with E-state index >= 15 is 0 Å².